The molecular weight excluding hydrogens is 372 g/mol. The lowest BCUT2D eigenvalue weighted by atomic mass is 10.2. The highest BCUT2D eigenvalue weighted by atomic mass is 79.9. The lowest BCUT2D eigenvalue weighted by Crippen LogP contribution is -2.01. The number of hydrogen-bond donors (Lipinski definition) is 2. The summed E-state index contributed by atoms with van der Waals surface area (Å²) >= 11 is 3.39. The molecule has 120 valence electrons. The molecule has 1 heterocycles. The van der Waals surface area contributed by atoms with E-state index in [1.54, 1.807) is 24.3 Å². The third kappa shape index (κ3) is 3.72. The molecule has 0 bridgehead atoms. The molecule has 0 amide bonds. The fraction of sp³-hybridized carbons (Fsp3) is 0. The molecule has 0 saturated carbocycles. The van der Waals surface area contributed by atoms with Gasteiger partial charge in [-0.2, -0.15) is 5.10 Å². The predicted molar refractivity (Wildman–Crippen MR) is 96.5 cm³/mol. The predicted octanol–water partition coefficient (Wildman–Crippen LogP) is 4.85. The van der Waals surface area contributed by atoms with Crippen LogP contribution in [0.15, 0.2) is 74.7 Å². The van der Waals surface area contributed by atoms with Gasteiger partial charge < -0.3 is 9.52 Å². The van der Waals surface area contributed by atoms with Crippen LogP contribution in [0.5, 0.6) is 0 Å². The molecule has 0 fully saturated rings. The van der Waals surface area contributed by atoms with Crippen LogP contribution in [0, 0.1) is 0 Å². The van der Waals surface area contributed by atoms with Gasteiger partial charge in [0.25, 0.3) is 0 Å². The molecule has 24 heavy (non-hydrogen) atoms. The van der Waals surface area contributed by atoms with E-state index < -0.39 is 5.97 Å². The van der Waals surface area contributed by atoms with E-state index in [9.17, 15) is 4.79 Å². The summed E-state index contributed by atoms with van der Waals surface area (Å²) in [4.78, 5) is 11.1. The average molecular weight is 385 g/mol. The highest BCUT2D eigenvalue weighted by molar-refractivity contribution is 9.10. The van der Waals surface area contributed by atoms with Gasteiger partial charge in [-0.3, -0.25) is 5.43 Å². The number of hydrazone groups is 1. The van der Waals surface area contributed by atoms with Crippen LogP contribution in [0.1, 0.15) is 16.1 Å². The molecule has 0 aliphatic carbocycles. The van der Waals surface area contributed by atoms with Gasteiger partial charge in [0.1, 0.15) is 11.5 Å². The second-order valence-electron chi connectivity index (χ2n) is 4.93. The van der Waals surface area contributed by atoms with Crippen LogP contribution in [0.3, 0.4) is 0 Å². The first-order valence-corrected chi connectivity index (χ1v) is 7.90. The summed E-state index contributed by atoms with van der Waals surface area (Å²) < 4.78 is 6.71. The lowest BCUT2D eigenvalue weighted by Gasteiger charge is -2.03. The van der Waals surface area contributed by atoms with Crippen molar-refractivity contribution in [2.45, 2.75) is 0 Å². The monoisotopic (exact) mass is 384 g/mol. The van der Waals surface area contributed by atoms with Crippen molar-refractivity contribution in [3.8, 4) is 11.3 Å². The van der Waals surface area contributed by atoms with Crippen LogP contribution in [0.2, 0.25) is 0 Å². The van der Waals surface area contributed by atoms with Crippen molar-refractivity contribution in [3.63, 3.8) is 0 Å². The number of hydrogen-bond acceptors (Lipinski definition) is 4. The molecule has 0 spiro atoms. The highest BCUT2D eigenvalue weighted by Crippen LogP contribution is 2.23. The Balaban J connectivity index is 1.72. The number of nitrogens with one attached hydrogen (secondary N) is 1. The quantitative estimate of drug-likeness (QED) is 0.486. The zero-order valence-electron chi connectivity index (χ0n) is 12.4. The number of benzene rings is 2. The molecule has 2 N–H and O–H groups in total. The highest BCUT2D eigenvalue weighted by Gasteiger charge is 2.08. The van der Waals surface area contributed by atoms with Crippen molar-refractivity contribution in [1.82, 2.24) is 0 Å². The molecule has 0 atom stereocenters. The van der Waals surface area contributed by atoms with E-state index in [1.165, 1.54) is 12.3 Å². The molecule has 6 heteroatoms. The average Bonchev–Trinajstić information content (AvgIpc) is 3.05. The zero-order valence-corrected chi connectivity index (χ0v) is 14.0. The number of rotatable bonds is 5. The Hall–Kier alpha value is -2.86. The molecule has 1 aromatic heterocycles. The summed E-state index contributed by atoms with van der Waals surface area (Å²) in [7, 11) is 0. The Kier molecular flexibility index (Phi) is 4.77. The minimum Gasteiger partial charge on any atom is -0.478 e. The number of carboxylic acid groups (broad SMARTS) is 1. The van der Waals surface area contributed by atoms with E-state index in [2.05, 4.69) is 26.5 Å². The molecular formula is C18H13BrN2O3. The first-order chi connectivity index (χ1) is 11.6. The summed E-state index contributed by atoms with van der Waals surface area (Å²) in [6.45, 7) is 0. The van der Waals surface area contributed by atoms with E-state index in [0.29, 0.717) is 11.4 Å². The lowest BCUT2D eigenvalue weighted by molar-refractivity contribution is 0.0698. The number of carboxylic acids is 1. The molecule has 3 rings (SSSR count). The van der Waals surface area contributed by atoms with Crippen molar-refractivity contribution in [2.24, 2.45) is 5.10 Å². The number of carbonyl (C=O) groups is 1. The summed E-state index contributed by atoms with van der Waals surface area (Å²) in [6, 6.07) is 18.0. The Morgan fingerprint density at radius 2 is 1.83 bits per heavy atom. The van der Waals surface area contributed by atoms with Gasteiger partial charge in [0.2, 0.25) is 0 Å². The Labute approximate surface area is 146 Å². The van der Waals surface area contributed by atoms with Crippen molar-refractivity contribution >= 4 is 33.8 Å². The van der Waals surface area contributed by atoms with Crippen LogP contribution in [-0.4, -0.2) is 17.3 Å². The second kappa shape index (κ2) is 7.14. The van der Waals surface area contributed by atoms with E-state index in [4.69, 9.17) is 9.52 Å². The van der Waals surface area contributed by atoms with Gasteiger partial charge in [-0.15, -0.1) is 0 Å². The Bertz CT molecular complexity index is 885. The molecule has 2 aromatic carbocycles. The fourth-order valence-electron chi connectivity index (χ4n) is 2.12. The SMILES string of the molecule is O=C(O)c1ccccc1N/N=C\c1ccc(-c2ccc(Br)cc2)o1. The standard InChI is InChI=1S/C18H13BrN2O3/c19-13-7-5-12(6-8-13)17-10-9-14(24-17)11-20-21-16-4-2-1-3-15(16)18(22)23/h1-11,21H,(H,22,23)/b20-11-. The minimum absolute atomic E-state index is 0.157. The molecule has 0 unspecified atom stereocenters. The van der Waals surface area contributed by atoms with Crippen LogP contribution in [-0.2, 0) is 0 Å². The topological polar surface area (TPSA) is 74.8 Å². The summed E-state index contributed by atoms with van der Waals surface area (Å²) in [5.41, 5.74) is 4.26. The van der Waals surface area contributed by atoms with Crippen LogP contribution in [0.4, 0.5) is 5.69 Å². The van der Waals surface area contributed by atoms with Crippen LogP contribution < -0.4 is 5.43 Å². The third-order valence-electron chi connectivity index (χ3n) is 3.29. The molecule has 0 radical (unpaired) electrons. The zero-order chi connectivity index (χ0) is 16.9. The first kappa shape index (κ1) is 16.0. The minimum atomic E-state index is -1.01. The maximum Gasteiger partial charge on any atom is 0.337 e. The van der Waals surface area contributed by atoms with Crippen molar-refractivity contribution in [2.75, 3.05) is 5.43 Å². The van der Waals surface area contributed by atoms with Crippen molar-refractivity contribution in [1.29, 1.82) is 0 Å². The third-order valence-corrected chi connectivity index (χ3v) is 3.82. The van der Waals surface area contributed by atoms with Crippen LogP contribution in [0.25, 0.3) is 11.3 Å². The number of anilines is 1. The smallest absolute Gasteiger partial charge is 0.337 e. The maximum absolute atomic E-state index is 11.1. The van der Waals surface area contributed by atoms with Gasteiger partial charge in [-0.25, -0.2) is 4.79 Å². The number of nitrogens with zero attached hydrogens (tertiary/aromatic N) is 1. The van der Waals surface area contributed by atoms with E-state index in [0.717, 1.165) is 15.8 Å². The second-order valence-corrected chi connectivity index (χ2v) is 5.85. The van der Waals surface area contributed by atoms with Crippen LogP contribution >= 0.6 is 15.9 Å². The molecule has 0 aliphatic rings. The summed E-state index contributed by atoms with van der Waals surface area (Å²) in [6.07, 6.45) is 1.50. The largest absolute Gasteiger partial charge is 0.478 e. The fourth-order valence-corrected chi connectivity index (χ4v) is 2.39. The summed E-state index contributed by atoms with van der Waals surface area (Å²) in [5.74, 6) is 0.284. The molecule has 3 aromatic rings. The molecule has 0 aliphatic heterocycles. The van der Waals surface area contributed by atoms with Crippen molar-refractivity contribution in [3.05, 3.63) is 76.5 Å². The Morgan fingerprint density at radius 1 is 1.08 bits per heavy atom. The summed E-state index contributed by atoms with van der Waals surface area (Å²) in [5, 5.41) is 13.2. The van der Waals surface area contributed by atoms with Crippen molar-refractivity contribution < 1.29 is 14.3 Å². The number of para-hydroxylation sites is 1. The van der Waals surface area contributed by atoms with E-state index in [1.807, 2.05) is 30.3 Å². The van der Waals surface area contributed by atoms with Gasteiger partial charge in [0.15, 0.2) is 0 Å². The number of aromatic carboxylic acids is 1. The van der Waals surface area contributed by atoms with Gasteiger partial charge in [-0.05, 0) is 36.4 Å². The first-order valence-electron chi connectivity index (χ1n) is 7.10. The maximum atomic E-state index is 11.1. The number of halogens is 1. The van der Waals surface area contributed by atoms with Gasteiger partial charge in [0.05, 0.1) is 17.5 Å². The Morgan fingerprint density at radius 3 is 2.58 bits per heavy atom. The number of furan rings is 1. The van der Waals surface area contributed by atoms with Gasteiger partial charge in [-0.1, -0.05) is 40.2 Å². The normalized spacial score (nSPS) is 10.9. The van der Waals surface area contributed by atoms with Gasteiger partial charge >= 0.3 is 5.97 Å². The molecule has 5 nitrogen and oxygen atoms in total. The van der Waals surface area contributed by atoms with Gasteiger partial charge in [0, 0.05) is 10.0 Å². The molecule has 0 saturated heterocycles. The van der Waals surface area contributed by atoms with E-state index in [-0.39, 0.29) is 5.56 Å². The van der Waals surface area contributed by atoms with E-state index >= 15 is 0 Å².